The minimum absolute atomic E-state index is 0.143. The zero-order valence-corrected chi connectivity index (χ0v) is 15.8. The molecule has 0 unspecified atom stereocenters. The summed E-state index contributed by atoms with van der Waals surface area (Å²) in [6.07, 6.45) is 3.34. The Hall–Kier alpha value is -2.02. The third kappa shape index (κ3) is 3.81. The highest BCUT2D eigenvalue weighted by Gasteiger charge is 2.29. The van der Waals surface area contributed by atoms with Gasteiger partial charge in [0.05, 0.1) is 5.75 Å². The van der Waals surface area contributed by atoms with E-state index in [0.29, 0.717) is 28.8 Å². The Morgan fingerprint density at radius 1 is 1.20 bits per heavy atom. The summed E-state index contributed by atoms with van der Waals surface area (Å²) < 4.78 is 1.46. The van der Waals surface area contributed by atoms with E-state index in [9.17, 15) is 4.79 Å². The first kappa shape index (κ1) is 17.8. The average Bonchev–Trinajstić information content (AvgIpc) is 2.94. The third-order valence-corrected chi connectivity index (χ3v) is 5.71. The summed E-state index contributed by atoms with van der Waals surface area (Å²) >= 11 is 1.34. The van der Waals surface area contributed by atoms with E-state index in [1.807, 2.05) is 36.1 Å². The molecule has 1 fully saturated rings. The van der Waals surface area contributed by atoms with Crippen LogP contribution in [0.5, 0.6) is 0 Å². The number of aryl methyl sites for hydroxylation is 1. The van der Waals surface area contributed by atoms with Gasteiger partial charge in [-0.2, -0.15) is 0 Å². The number of rotatable bonds is 4. The number of carbonyl (C=O) groups is 1. The van der Waals surface area contributed by atoms with Crippen molar-refractivity contribution in [2.75, 3.05) is 11.6 Å². The standard InChI is InChI=1S/C18H25N5OS/c1-12-7-9-15(10-8-12)17-20-21-18(23(17)19)25-11-16(24)22-13(2)5-4-6-14(22)3/h7-10,13-14H,4-6,11,19H2,1-3H3/t13-,14+. The van der Waals surface area contributed by atoms with Gasteiger partial charge in [0.15, 0.2) is 5.82 Å². The van der Waals surface area contributed by atoms with Crippen LogP contribution in [0.25, 0.3) is 11.4 Å². The summed E-state index contributed by atoms with van der Waals surface area (Å²) in [6, 6.07) is 8.57. The topological polar surface area (TPSA) is 77.0 Å². The van der Waals surface area contributed by atoms with E-state index in [1.165, 1.54) is 28.4 Å². The molecular weight excluding hydrogens is 334 g/mol. The largest absolute Gasteiger partial charge is 0.337 e. The molecule has 1 saturated heterocycles. The number of piperidine rings is 1. The Morgan fingerprint density at radius 3 is 2.48 bits per heavy atom. The number of hydrogen-bond acceptors (Lipinski definition) is 5. The average molecular weight is 359 g/mol. The van der Waals surface area contributed by atoms with E-state index in [0.717, 1.165) is 18.4 Å². The second kappa shape index (κ2) is 7.47. The van der Waals surface area contributed by atoms with Crippen molar-refractivity contribution in [1.29, 1.82) is 0 Å². The predicted octanol–water partition coefficient (Wildman–Crippen LogP) is 2.85. The number of benzene rings is 1. The molecule has 1 aliphatic heterocycles. The van der Waals surface area contributed by atoms with Gasteiger partial charge in [-0.15, -0.1) is 10.2 Å². The van der Waals surface area contributed by atoms with Crippen molar-refractivity contribution in [2.24, 2.45) is 0 Å². The van der Waals surface area contributed by atoms with Gasteiger partial charge in [-0.05, 0) is 40.0 Å². The molecule has 0 saturated carbocycles. The Kier molecular flexibility index (Phi) is 5.32. The lowest BCUT2D eigenvalue weighted by Gasteiger charge is -2.39. The number of nitrogens with two attached hydrogens (primary N) is 1. The minimum atomic E-state index is 0.143. The highest BCUT2D eigenvalue weighted by atomic mass is 32.2. The molecule has 25 heavy (non-hydrogen) atoms. The minimum Gasteiger partial charge on any atom is -0.337 e. The highest BCUT2D eigenvalue weighted by molar-refractivity contribution is 7.99. The number of likely N-dealkylation sites (tertiary alicyclic amines) is 1. The number of nitrogen functional groups attached to an aromatic ring is 1. The fraction of sp³-hybridized carbons (Fsp3) is 0.500. The predicted molar refractivity (Wildman–Crippen MR) is 101 cm³/mol. The molecule has 0 spiro atoms. The number of amides is 1. The van der Waals surface area contributed by atoms with Gasteiger partial charge in [-0.25, -0.2) is 4.68 Å². The monoisotopic (exact) mass is 359 g/mol. The van der Waals surface area contributed by atoms with E-state index >= 15 is 0 Å². The maximum Gasteiger partial charge on any atom is 0.233 e. The number of aromatic nitrogens is 3. The molecule has 134 valence electrons. The molecule has 2 atom stereocenters. The van der Waals surface area contributed by atoms with Crippen LogP contribution < -0.4 is 5.84 Å². The number of nitrogens with zero attached hydrogens (tertiary/aromatic N) is 4. The Balaban J connectivity index is 1.68. The first-order valence-electron chi connectivity index (χ1n) is 8.69. The summed E-state index contributed by atoms with van der Waals surface area (Å²) in [5.74, 6) is 7.22. The van der Waals surface area contributed by atoms with Crippen molar-refractivity contribution in [3.05, 3.63) is 29.8 Å². The summed E-state index contributed by atoms with van der Waals surface area (Å²) in [5, 5.41) is 8.88. The van der Waals surface area contributed by atoms with Gasteiger partial charge >= 0.3 is 0 Å². The van der Waals surface area contributed by atoms with Gasteiger partial charge in [-0.3, -0.25) is 4.79 Å². The lowest BCUT2D eigenvalue weighted by molar-refractivity contribution is -0.134. The van der Waals surface area contributed by atoms with Gasteiger partial charge in [0, 0.05) is 17.6 Å². The second-order valence-electron chi connectivity index (χ2n) is 6.76. The van der Waals surface area contributed by atoms with Gasteiger partial charge in [-0.1, -0.05) is 41.6 Å². The molecule has 0 aliphatic carbocycles. The molecular formula is C18H25N5OS. The molecule has 1 aliphatic rings. The number of carbonyl (C=O) groups excluding carboxylic acids is 1. The Morgan fingerprint density at radius 2 is 1.84 bits per heavy atom. The summed E-state index contributed by atoms with van der Waals surface area (Å²) in [6.45, 7) is 6.28. The summed E-state index contributed by atoms with van der Waals surface area (Å²) in [5.41, 5.74) is 2.09. The zero-order chi connectivity index (χ0) is 18.0. The Labute approximate surface area is 152 Å². The molecule has 7 heteroatoms. The van der Waals surface area contributed by atoms with Crippen LogP contribution in [0.2, 0.25) is 0 Å². The van der Waals surface area contributed by atoms with Crippen LogP contribution in [-0.2, 0) is 4.79 Å². The smallest absolute Gasteiger partial charge is 0.233 e. The second-order valence-corrected chi connectivity index (χ2v) is 7.70. The maximum absolute atomic E-state index is 12.6. The fourth-order valence-electron chi connectivity index (χ4n) is 3.39. The van der Waals surface area contributed by atoms with Gasteiger partial charge in [0.1, 0.15) is 0 Å². The van der Waals surface area contributed by atoms with Gasteiger partial charge < -0.3 is 10.7 Å². The molecule has 1 aromatic carbocycles. The first-order valence-corrected chi connectivity index (χ1v) is 9.67. The summed E-state index contributed by atoms with van der Waals surface area (Å²) in [7, 11) is 0. The molecule has 2 heterocycles. The third-order valence-electron chi connectivity index (χ3n) is 4.78. The quantitative estimate of drug-likeness (QED) is 0.671. The highest BCUT2D eigenvalue weighted by Crippen LogP contribution is 2.26. The SMILES string of the molecule is Cc1ccc(-c2nnc(SCC(=O)N3[C@H](C)CCC[C@@H]3C)n2N)cc1. The van der Waals surface area contributed by atoms with E-state index in [2.05, 4.69) is 24.0 Å². The van der Waals surface area contributed by atoms with Gasteiger partial charge in [0.25, 0.3) is 0 Å². The molecule has 1 amide bonds. The van der Waals surface area contributed by atoms with E-state index in [-0.39, 0.29) is 5.91 Å². The maximum atomic E-state index is 12.6. The molecule has 2 aromatic rings. The lowest BCUT2D eigenvalue weighted by Crippen LogP contribution is -2.48. The molecule has 3 rings (SSSR count). The van der Waals surface area contributed by atoms with Crippen molar-refractivity contribution >= 4 is 17.7 Å². The van der Waals surface area contributed by atoms with E-state index < -0.39 is 0 Å². The molecule has 0 bridgehead atoms. The molecule has 2 N–H and O–H groups in total. The zero-order valence-electron chi connectivity index (χ0n) is 15.0. The molecule has 0 radical (unpaired) electrons. The van der Waals surface area contributed by atoms with E-state index in [1.54, 1.807) is 0 Å². The van der Waals surface area contributed by atoms with Crippen molar-refractivity contribution < 1.29 is 4.79 Å². The van der Waals surface area contributed by atoms with Gasteiger partial charge in [0.2, 0.25) is 11.1 Å². The van der Waals surface area contributed by atoms with Crippen LogP contribution in [0.1, 0.15) is 38.7 Å². The van der Waals surface area contributed by atoms with Crippen LogP contribution in [0.4, 0.5) is 0 Å². The molecule has 1 aromatic heterocycles. The number of hydrogen-bond donors (Lipinski definition) is 1. The van der Waals surface area contributed by atoms with Crippen molar-refractivity contribution in [3.8, 4) is 11.4 Å². The van der Waals surface area contributed by atoms with Crippen LogP contribution in [0.3, 0.4) is 0 Å². The lowest BCUT2D eigenvalue weighted by atomic mass is 9.98. The first-order chi connectivity index (χ1) is 12.0. The van der Waals surface area contributed by atoms with Crippen molar-refractivity contribution in [3.63, 3.8) is 0 Å². The fourth-order valence-corrected chi connectivity index (χ4v) is 4.11. The van der Waals surface area contributed by atoms with Crippen LogP contribution >= 0.6 is 11.8 Å². The summed E-state index contributed by atoms with van der Waals surface area (Å²) in [4.78, 5) is 14.6. The van der Waals surface area contributed by atoms with E-state index in [4.69, 9.17) is 5.84 Å². The van der Waals surface area contributed by atoms with Crippen LogP contribution in [0, 0.1) is 6.92 Å². The Bertz CT molecular complexity index is 732. The van der Waals surface area contributed by atoms with Crippen LogP contribution in [-0.4, -0.2) is 43.5 Å². The number of thioether (sulfide) groups is 1. The van der Waals surface area contributed by atoms with Crippen molar-refractivity contribution in [1.82, 2.24) is 19.8 Å². The normalized spacial score (nSPS) is 20.7. The molecule has 6 nitrogen and oxygen atoms in total. The van der Waals surface area contributed by atoms with Crippen LogP contribution in [0.15, 0.2) is 29.4 Å². The van der Waals surface area contributed by atoms with Crippen molar-refractivity contribution in [2.45, 2.75) is 57.3 Å².